The summed E-state index contributed by atoms with van der Waals surface area (Å²) in [6.07, 6.45) is 0. The zero-order valence-electron chi connectivity index (χ0n) is 7.10. The third kappa shape index (κ3) is 1.71. The fourth-order valence-electron chi connectivity index (χ4n) is 1.01. The third-order valence-electron chi connectivity index (χ3n) is 1.76. The molecule has 0 saturated carbocycles. The lowest BCUT2D eigenvalue weighted by Crippen LogP contribution is -1.91. The lowest BCUT2D eigenvalue weighted by molar-refractivity contribution is 0.281. The predicted octanol–water partition coefficient (Wildman–Crippen LogP) is 2.15. The summed E-state index contributed by atoms with van der Waals surface area (Å²) in [5.41, 5.74) is 1.67. The number of hydrogen-bond donors (Lipinski definition) is 1. The maximum atomic E-state index is 8.86. The van der Waals surface area contributed by atoms with Gasteiger partial charge >= 0.3 is 0 Å². The Balaban J connectivity index is 3.19. The molecule has 1 aromatic rings. The number of ether oxygens (including phenoxy) is 1. The first-order valence-electron chi connectivity index (χ1n) is 3.63. The van der Waals surface area contributed by atoms with Crippen LogP contribution in [-0.4, -0.2) is 12.2 Å². The van der Waals surface area contributed by atoms with Gasteiger partial charge in [-0.3, -0.25) is 0 Å². The van der Waals surface area contributed by atoms with Crippen molar-refractivity contribution in [3.05, 3.63) is 28.3 Å². The van der Waals surface area contributed by atoms with E-state index in [0.717, 1.165) is 11.1 Å². The highest BCUT2D eigenvalue weighted by Crippen LogP contribution is 2.27. The second kappa shape index (κ2) is 3.78. The number of methoxy groups -OCH3 is 1. The van der Waals surface area contributed by atoms with Crippen molar-refractivity contribution in [2.75, 3.05) is 7.11 Å². The van der Waals surface area contributed by atoms with Crippen molar-refractivity contribution in [3.63, 3.8) is 0 Å². The minimum absolute atomic E-state index is 0.0175. The van der Waals surface area contributed by atoms with Gasteiger partial charge in [-0.1, -0.05) is 11.6 Å². The van der Waals surface area contributed by atoms with E-state index in [4.69, 9.17) is 21.4 Å². The molecule has 12 heavy (non-hydrogen) atoms. The van der Waals surface area contributed by atoms with Gasteiger partial charge in [-0.15, -0.1) is 0 Å². The Labute approximate surface area is 76.7 Å². The van der Waals surface area contributed by atoms with Crippen molar-refractivity contribution < 1.29 is 9.84 Å². The van der Waals surface area contributed by atoms with E-state index in [1.807, 2.05) is 6.92 Å². The Morgan fingerprint density at radius 2 is 2.17 bits per heavy atom. The van der Waals surface area contributed by atoms with Crippen LogP contribution in [0.4, 0.5) is 0 Å². The van der Waals surface area contributed by atoms with Crippen molar-refractivity contribution in [3.8, 4) is 5.75 Å². The zero-order chi connectivity index (χ0) is 9.14. The van der Waals surface area contributed by atoms with E-state index in [-0.39, 0.29) is 6.61 Å². The molecule has 0 aliphatic rings. The van der Waals surface area contributed by atoms with Gasteiger partial charge < -0.3 is 9.84 Å². The van der Waals surface area contributed by atoms with Crippen molar-refractivity contribution in [2.45, 2.75) is 13.5 Å². The largest absolute Gasteiger partial charge is 0.496 e. The first-order valence-corrected chi connectivity index (χ1v) is 4.00. The number of halogens is 1. The second-order valence-corrected chi connectivity index (χ2v) is 2.97. The van der Waals surface area contributed by atoms with Crippen LogP contribution in [0.15, 0.2) is 12.1 Å². The van der Waals surface area contributed by atoms with E-state index in [2.05, 4.69) is 0 Å². The molecular formula is C9H11ClO2. The van der Waals surface area contributed by atoms with Crippen LogP contribution in [0.2, 0.25) is 5.02 Å². The van der Waals surface area contributed by atoms with Gasteiger partial charge in [0.25, 0.3) is 0 Å². The van der Waals surface area contributed by atoms with E-state index in [9.17, 15) is 0 Å². The predicted molar refractivity (Wildman–Crippen MR) is 48.7 cm³/mol. The lowest BCUT2D eigenvalue weighted by atomic mass is 10.1. The number of hydrogen-bond acceptors (Lipinski definition) is 2. The molecule has 1 aromatic carbocycles. The van der Waals surface area contributed by atoms with Crippen LogP contribution in [0.5, 0.6) is 5.75 Å². The molecule has 0 amide bonds. The molecule has 0 bridgehead atoms. The van der Waals surface area contributed by atoms with E-state index in [1.54, 1.807) is 19.2 Å². The molecule has 0 unspecified atom stereocenters. The summed E-state index contributed by atoms with van der Waals surface area (Å²) in [6, 6.07) is 3.51. The highest BCUT2D eigenvalue weighted by Gasteiger charge is 2.04. The van der Waals surface area contributed by atoms with Crippen molar-refractivity contribution in [1.29, 1.82) is 0 Å². The molecule has 0 saturated heterocycles. The molecule has 0 heterocycles. The van der Waals surface area contributed by atoms with Crippen LogP contribution >= 0.6 is 11.6 Å². The minimum Gasteiger partial charge on any atom is -0.496 e. The first-order chi connectivity index (χ1) is 5.69. The number of rotatable bonds is 2. The Morgan fingerprint density at radius 1 is 1.50 bits per heavy atom. The Morgan fingerprint density at radius 3 is 2.67 bits per heavy atom. The van der Waals surface area contributed by atoms with E-state index < -0.39 is 0 Å². The molecule has 0 fully saturated rings. The lowest BCUT2D eigenvalue weighted by Gasteiger charge is -2.07. The van der Waals surface area contributed by atoms with Gasteiger partial charge in [0.15, 0.2) is 0 Å². The normalized spacial score (nSPS) is 10.0. The van der Waals surface area contributed by atoms with Crippen molar-refractivity contribution in [2.24, 2.45) is 0 Å². The van der Waals surface area contributed by atoms with Crippen LogP contribution < -0.4 is 4.74 Å². The quantitative estimate of drug-likeness (QED) is 0.767. The Bertz CT molecular complexity index is 284. The maximum Gasteiger partial charge on any atom is 0.123 e. The SMILES string of the molecule is COc1cc(CO)cc(Cl)c1C. The molecule has 3 heteroatoms. The summed E-state index contributed by atoms with van der Waals surface area (Å²) in [5, 5.41) is 9.48. The minimum atomic E-state index is -0.0175. The van der Waals surface area contributed by atoms with Crippen LogP contribution in [0, 0.1) is 6.92 Å². The molecule has 0 spiro atoms. The molecule has 0 aromatic heterocycles. The van der Waals surface area contributed by atoms with Gasteiger partial charge in [0.2, 0.25) is 0 Å². The summed E-state index contributed by atoms with van der Waals surface area (Å²) in [4.78, 5) is 0. The molecule has 1 N–H and O–H groups in total. The van der Waals surface area contributed by atoms with Gasteiger partial charge in [-0.2, -0.15) is 0 Å². The van der Waals surface area contributed by atoms with Crippen LogP contribution in [0.3, 0.4) is 0 Å². The second-order valence-electron chi connectivity index (χ2n) is 2.56. The number of benzene rings is 1. The average molecular weight is 187 g/mol. The van der Waals surface area contributed by atoms with Gasteiger partial charge in [0, 0.05) is 10.6 Å². The smallest absolute Gasteiger partial charge is 0.123 e. The number of aliphatic hydroxyl groups is 1. The summed E-state index contributed by atoms with van der Waals surface area (Å²) >= 11 is 5.89. The fourth-order valence-corrected chi connectivity index (χ4v) is 1.24. The molecule has 2 nitrogen and oxygen atoms in total. The average Bonchev–Trinajstić information content (AvgIpc) is 2.09. The molecule has 0 aliphatic carbocycles. The van der Waals surface area contributed by atoms with E-state index in [0.29, 0.717) is 10.8 Å². The third-order valence-corrected chi connectivity index (χ3v) is 2.15. The van der Waals surface area contributed by atoms with E-state index in [1.165, 1.54) is 0 Å². The monoisotopic (exact) mass is 186 g/mol. The number of aliphatic hydroxyl groups excluding tert-OH is 1. The summed E-state index contributed by atoms with van der Waals surface area (Å²) < 4.78 is 5.07. The van der Waals surface area contributed by atoms with E-state index >= 15 is 0 Å². The molecule has 0 atom stereocenters. The Kier molecular flexibility index (Phi) is 2.95. The molecule has 0 aliphatic heterocycles. The standard InChI is InChI=1S/C9H11ClO2/c1-6-8(10)3-7(5-11)4-9(6)12-2/h3-4,11H,5H2,1-2H3. The van der Waals surface area contributed by atoms with Gasteiger partial charge in [-0.05, 0) is 24.6 Å². The van der Waals surface area contributed by atoms with Crippen LogP contribution in [-0.2, 0) is 6.61 Å². The highest BCUT2D eigenvalue weighted by molar-refractivity contribution is 6.31. The Hall–Kier alpha value is -0.730. The van der Waals surface area contributed by atoms with Crippen LogP contribution in [0.25, 0.3) is 0 Å². The molecular weight excluding hydrogens is 176 g/mol. The summed E-state index contributed by atoms with van der Waals surface area (Å²) in [7, 11) is 1.58. The summed E-state index contributed by atoms with van der Waals surface area (Å²) in [6.45, 7) is 1.86. The molecule has 0 radical (unpaired) electrons. The topological polar surface area (TPSA) is 29.5 Å². The van der Waals surface area contributed by atoms with Crippen LogP contribution in [0.1, 0.15) is 11.1 Å². The maximum absolute atomic E-state index is 8.86. The van der Waals surface area contributed by atoms with Gasteiger partial charge in [0.1, 0.15) is 5.75 Å². The zero-order valence-corrected chi connectivity index (χ0v) is 7.85. The fraction of sp³-hybridized carbons (Fsp3) is 0.333. The highest BCUT2D eigenvalue weighted by atomic mass is 35.5. The molecule has 66 valence electrons. The van der Waals surface area contributed by atoms with Crippen molar-refractivity contribution >= 4 is 11.6 Å². The van der Waals surface area contributed by atoms with Gasteiger partial charge in [-0.25, -0.2) is 0 Å². The molecule has 1 rings (SSSR count). The van der Waals surface area contributed by atoms with Gasteiger partial charge in [0.05, 0.1) is 13.7 Å². The first kappa shape index (κ1) is 9.36. The van der Waals surface area contributed by atoms with Crippen molar-refractivity contribution in [1.82, 2.24) is 0 Å². The summed E-state index contributed by atoms with van der Waals surface area (Å²) in [5.74, 6) is 0.714.